The lowest BCUT2D eigenvalue weighted by molar-refractivity contribution is 0.0953. The first kappa shape index (κ1) is 20.5. The van der Waals surface area contributed by atoms with E-state index in [4.69, 9.17) is 11.6 Å². The van der Waals surface area contributed by atoms with Crippen LogP contribution in [-0.2, 0) is 5.75 Å². The number of hydrogen-bond donors (Lipinski definition) is 1. The summed E-state index contributed by atoms with van der Waals surface area (Å²) in [7, 11) is 0. The van der Waals surface area contributed by atoms with E-state index in [0.717, 1.165) is 36.6 Å². The average Bonchev–Trinajstić information content (AvgIpc) is 2.65. The SMILES string of the molecule is CCCNC(=O)c1ccc(CSc2nc(Cl)cc(N(CC)CC)n2)cc1. The summed E-state index contributed by atoms with van der Waals surface area (Å²) in [5, 5.41) is 3.98. The second-order valence-electron chi connectivity index (χ2n) is 5.75. The number of carbonyl (C=O) groups is 1. The minimum atomic E-state index is -0.0342. The fourth-order valence-electron chi connectivity index (χ4n) is 2.40. The molecule has 1 N–H and O–H groups in total. The van der Waals surface area contributed by atoms with Crippen LogP contribution < -0.4 is 10.2 Å². The van der Waals surface area contributed by atoms with E-state index in [-0.39, 0.29) is 5.91 Å². The Bertz CT molecular complexity index is 720. The molecule has 7 heteroatoms. The van der Waals surface area contributed by atoms with Gasteiger partial charge in [-0.05, 0) is 38.0 Å². The Morgan fingerprint density at radius 1 is 1.15 bits per heavy atom. The van der Waals surface area contributed by atoms with Gasteiger partial charge in [0.1, 0.15) is 11.0 Å². The van der Waals surface area contributed by atoms with Crippen LogP contribution in [0.2, 0.25) is 5.15 Å². The van der Waals surface area contributed by atoms with Crippen molar-refractivity contribution in [3.05, 3.63) is 46.6 Å². The van der Waals surface area contributed by atoms with E-state index in [0.29, 0.717) is 22.4 Å². The number of hydrogen-bond acceptors (Lipinski definition) is 5. The van der Waals surface area contributed by atoms with Gasteiger partial charge in [-0.3, -0.25) is 4.79 Å². The number of nitrogens with one attached hydrogen (secondary N) is 1. The van der Waals surface area contributed by atoms with Crippen molar-refractivity contribution in [2.75, 3.05) is 24.5 Å². The molecule has 140 valence electrons. The Morgan fingerprint density at radius 2 is 1.85 bits per heavy atom. The van der Waals surface area contributed by atoms with Crippen molar-refractivity contribution >= 4 is 35.1 Å². The van der Waals surface area contributed by atoms with Crippen LogP contribution in [0.4, 0.5) is 5.82 Å². The molecule has 1 aromatic heterocycles. The predicted octanol–water partition coefficient (Wildman–Crippen LogP) is 4.41. The van der Waals surface area contributed by atoms with Crippen LogP contribution in [0.3, 0.4) is 0 Å². The predicted molar refractivity (Wildman–Crippen MR) is 109 cm³/mol. The molecule has 1 heterocycles. The number of anilines is 1. The fourth-order valence-corrected chi connectivity index (χ4v) is 3.44. The highest BCUT2D eigenvalue weighted by Gasteiger charge is 2.10. The normalized spacial score (nSPS) is 10.6. The monoisotopic (exact) mass is 392 g/mol. The zero-order valence-electron chi connectivity index (χ0n) is 15.5. The first-order valence-corrected chi connectivity index (χ1v) is 10.2. The fraction of sp³-hybridized carbons (Fsp3) is 0.421. The Hall–Kier alpha value is -1.79. The van der Waals surface area contributed by atoms with Crippen molar-refractivity contribution in [2.45, 2.75) is 38.1 Å². The van der Waals surface area contributed by atoms with Crippen LogP contribution in [0.5, 0.6) is 0 Å². The first-order chi connectivity index (χ1) is 12.6. The number of halogens is 1. The van der Waals surface area contributed by atoms with Gasteiger partial charge in [0.2, 0.25) is 0 Å². The summed E-state index contributed by atoms with van der Waals surface area (Å²) in [6, 6.07) is 9.41. The summed E-state index contributed by atoms with van der Waals surface area (Å²) in [6.45, 7) is 8.64. The minimum Gasteiger partial charge on any atom is -0.357 e. The molecule has 0 aliphatic heterocycles. The molecule has 2 rings (SSSR count). The molecule has 0 radical (unpaired) electrons. The van der Waals surface area contributed by atoms with Gasteiger partial charge in [0, 0.05) is 37.0 Å². The van der Waals surface area contributed by atoms with Crippen LogP contribution in [0.1, 0.15) is 43.1 Å². The summed E-state index contributed by atoms with van der Waals surface area (Å²) in [5.74, 6) is 1.53. The minimum absolute atomic E-state index is 0.0342. The van der Waals surface area contributed by atoms with Gasteiger partial charge in [0.05, 0.1) is 0 Å². The van der Waals surface area contributed by atoms with Crippen molar-refractivity contribution in [1.29, 1.82) is 0 Å². The number of amides is 1. The highest BCUT2D eigenvalue weighted by atomic mass is 35.5. The lowest BCUT2D eigenvalue weighted by Gasteiger charge is -2.20. The van der Waals surface area contributed by atoms with Crippen molar-refractivity contribution in [1.82, 2.24) is 15.3 Å². The van der Waals surface area contributed by atoms with E-state index in [1.807, 2.05) is 31.2 Å². The molecular formula is C19H25ClN4OS. The maximum atomic E-state index is 11.9. The zero-order chi connectivity index (χ0) is 18.9. The molecule has 0 aliphatic rings. The second-order valence-corrected chi connectivity index (χ2v) is 7.07. The highest BCUT2D eigenvalue weighted by Crippen LogP contribution is 2.24. The molecule has 0 bridgehead atoms. The van der Waals surface area contributed by atoms with Crippen molar-refractivity contribution in [2.24, 2.45) is 0 Å². The van der Waals surface area contributed by atoms with E-state index in [1.165, 1.54) is 11.8 Å². The summed E-state index contributed by atoms with van der Waals surface area (Å²) in [5.41, 5.74) is 1.78. The topological polar surface area (TPSA) is 58.1 Å². The molecule has 0 saturated carbocycles. The number of thioether (sulfide) groups is 1. The number of carbonyl (C=O) groups excluding carboxylic acids is 1. The van der Waals surface area contributed by atoms with Crippen LogP contribution in [0.25, 0.3) is 0 Å². The largest absolute Gasteiger partial charge is 0.357 e. The lowest BCUT2D eigenvalue weighted by Crippen LogP contribution is -2.23. The van der Waals surface area contributed by atoms with E-state index < -0.39 is 0 Å². The van der Waals surface area contributed by atoms with Gasteiger partial charge in [0.15, 0.2) is 5.16 Å². The van der Waals surface area contributed by atoms with E-state index in [2.05, 4.69) is 34.0 Å². The van der Waals surface area contributed by atoms with Gasteiger partial charge in [-0.15, -0.1) is 0 Å². The molecule has 0 fully saturated rings. The van der Waals surface area contributed by atoms with E-state index >= 15 is 0 Å². The smallest absolute Gasteiger partial charge is 0.251 e. The lowest BCUT2D eigenvalue weighted by atomic mass is 10.1. The number of rotatable bonds is 9. The van der Waals surface area contributed by atoms with Gasteiger partial charge >= 0.3 is 0 Å². The second kappa shape index (κ2) is 10.4. The highest BCUT2D eigenvalue weighted by molar-refractivity contribution is 7.98. The Balaban J connectivity index is 2.01. The number of aromatic nitrogens is 2. The molecular weight excluding hydrogens is 368 g/mol. The standard InChI is InChI=1S/C19H25ClN4OS/c1-4-11-21-18(25)15-9-7-14(8-10-15)13-26-19-22-16(20)12-17(23-19)24(5-2)6-3/h7-10,12H,4-6,11,13H2,1-3H3,(H,21,25). The molecule has 2 aromatic rings. The van der Waals surface area contributed by atoms with Gasteiger partial charge in [-0.25, -0.2) is 9.97 Å². The van der Waals surface area contributed by atoms with Gasteiger partial charge in [-0.1, -0.05) is 42.4 Å². The third-order valence-electron chi connectivity index (χ3n) is 3.87. The van der Waals surface area contributed by atoms with Crippen molar-refractivity contribution in [3.8, 4) is 0 Å². The third-order valence-corrected chi connectivity index (χ3v) is 4.98. The first-order valence-electron chi connectivity index (χ1n) is 8.86. The van der Waals surface area contributed by atoms with E-state index in [1.54, 1.807) is 6.07 Å². The van der Waals surface area contributed by atoms with Crippen LogP contribution in [0, 0.1) is 0 Å². The van der Waals surface area contributed by atoms with Crippen LogP contribution in [0.15, 0.2) is 35.5 Å². The zero-order valence-corrected chi connectivity index (χ0v) is 17.0. The van der Waals surface area contributed by atoms with E-state index in [9.17, 15) is 4.79 Å². The number of nitrogens with zero attached hydrogens (tertiary/aromatic N) is 3. The summed E-state index contributed by atoms with van der Waals surface area (Å²) < 4.78 is 0. The van der Waals surface area contributed by atoms with Gasteiger partial charge < -0.3 is 10.2 Å². The quantitative estimate of drug-likeness (QED) is 0.389. The number of benzene rings is 1. The maximum Gasteiger partial charge on any atom is 0.251 e. The average molecular weight is 393 g/mol. The third kappa shape index (κ3) is 5.88. The summed E-state index contributed by atoms with van der Waals surface area (Å²) in [4.78, 5) is 23.0. The molecule has 1 amide bonds. The van der Waals surface area contributed by atoms with Gasteiger partial charge in [-0.2, -0.15) is 0 Å². The van der Waals surface area contributed by atoms with Crippen LogP contribution in [-0.4, -0.2) is 35.5 Å². The Morgan fingerprint density at radius 3 is 2.46 bits per heavy atom. The molecule has 0 aliphatic carbocycles. The molecule has 0 saturated heterocycles. The van der Waals surface area contributed by atoms with Crippen molar-refractivity contribution < 1.29 is 4.79 Å². The Kier molecular flexibility index (Phi) is 8.19. The molecule has 0 atom stereocenters. The van der Waals surface area contributed by atoms with Gasteiger partial charge in [0.25, 0.3) is 5.91 Å². The molecule has 0 unspecified atom stereocenters. The molecule has 5 nitrogen and oxygen atoms in total. The molecule has 26 heavy (non-hydrogen) atoms. The summed E-state index contributed by atoms with van der Waals surface area (Å²) in [6.07, 6.45) is 0.926. The molecule has 1 aromatic carbocycles. The Labute approximate surface area is 164 Å². The maximum absolute atomic E-state index is 11.9. The van der Waals surface area contributed by atoms with Crippen LogP contribution >= 0.6 is 23.4 Å². The molecule has 0 spiro atoms. The van der Waals surface area contributed by atoms with Crippen molar-refractivity contribution in [3.63, 3.8) is 0 Å². The summed E-state index contributed by atoms with van der Waals surface area (Å²) >= 11 is 7.69.